The van der Waals surface area contributed by atoms with E-state index < -0.39 is 23.9 Å². The molecule has 2 amide bonds. The monoisotopic (exact) mass is 213 g/mol. The van der Waals surface area contributed by atoms with Gasteiger partial charge in [-0.2, -0.15) is 0 Å². The number of imide groups is 1. The number of hydrogen-bond donors (Lipinski definition) is 1. The van der Waals surface area contributed by atoms with Gasteiger partial charge in [-0.25, -0.2) is 4.79 Å². The number of aliphatic carboxylic acids is 1. The molecule has 0 aromatic rings. The minimum atomic E-state index is -1.08. The lowest BCUT2D eigenvalue weighted by Gasteiger charge is -2.14. The van der Waals surface area contributed by atoms with Crippen molar-refractivity contribution < 1.29 is 24.2 Å². The van der Waals surface area contributed by atoms with Crippen molar-refractivity contribution >= 4 is 17.8 Å². The van der Waals surface area contributed by atoms with Crippen LogP contribution in [0, 0.1) is 0 Å². The number of amides is 2. The van der Waals surface area contributed by atoms with Crippen molar-refractivity contribution in [1.82, 2.24) is 4.90 Å². The van der Waals surface area contributed by atoms with Crippen LogP contribution in [-0.4, -0.2) is 47.0 Å². The molecule has 0 aliphatic carbocycles. The molecule has 1 aliphatic heterocycles. The Morgan fingerprint density at radius 1 is 1.47 bits per heavy atom. The lowest BCUT2D eigenvalue weighted by Crippen LogP contribution is -2.34. The van der Waals surface area contributed by atoms with Crippen molar-refractivity contribution in [3.8, 4) is 0 Å². The highest BCUT2D eigenvalue weighted by molar-refractivity contribution is 6.12. The number of carbonyl (C=O) groups is 3. The van der Waals surface area contributed by atoms with Gasteiger partial charge >= 0.3 is 5.97 Å². The molecule has 15 heavy (non-hydrogen) atoms. The third kappa shape index (κ3) is 2.88. The van der Waals surface area contributed by atoms with Crippen molar-refractivity contribution in [3.05, 3.63) is 12.2 Å². The molecule has 1 aliphatic rings. The number of carboxylic acids is 1. The zero-order valence-corrected chi connectivity index (χ0v) is 8.17. The average molecular weight is 213 g/mol. The Kier molecular flexibility index (Phi) is 3.56. The van der Waals surface area contributed by atoms with Crippen molar-refractivity contribution in [2.75, 3.05) is 13.2 Å². The first-order valence-electron chi connectivity index (χ1n) is 4.40. The SMILES string of the molecule is CC(OCCN1C(=O)C=CC1=O)C(=O)O. The lowest BCUT2D eigenvalue weighted by molar-refractivity contribution is -0.149. The Morgan fingerprint density at radius 3 is 2.47 bits per heavy atom. The van der Waals surface area contributed by atoms with E-state index >= 15 is 0 Å². The summed E-state index contributed by atoms with van der Waals surface area (Å²) in [5.74, 6) is -1.87. The van der Waals surface area contributed by atoms with Crippen LogP contribution in [0.5, 0.6) is 0 Å². The van der Waals surface area contributed by atoms with Gasteiger partial charge in [0.1, 0.15) is 0 Å². The maximum atomic E-state index is 11.0. The fraction of sp³-hybridized carbons (Fsp3) is 0.444. The summed E-state index contributed by atoms with van der Waals surface area (Å²) in [6.07, 6.45) is 1.40. The van der Waals surface area contributed by atoms with E-state index in [1.54, 1.807) is 0 Å². The Morgan fingerprint density at radius 2 is 2.00 bits per heavy atom. The summed E-state index contributed by atoms with van der Waals surface area (Å²) in [5.41, 5.74) is 0. The Labute approximate surface area is 86.1 Å². The summed E-state index contributed by atoms with van der Waals surface area (Å²) in [5, 5.41) is 8.49. The number of carboxylic acid groups (broad SMARTS) is 1. The number of hydrogen-bond acceptors (Lipinski definition) is 4. The van der Waals surface area contributed by atoms with Gasteiger partial charge in [0.15, 0.2) is 6.10 Å². The quantitative estimate of drug-likeness (QED) is 0.616. The predicted octanol–water partition coefficient (Wildman–Crippen LogP) is -0.599. The van der Waals surface area contributed by atoms with E-state index in [-0.39, 0.29) is 13.2 Å². The normalized spacial score (nSPS) is 17.3. The van der Waals surface area contributed by atoms with Crippen LogP contribution in [0.2, 0.25) is 0 Å². The van der Waals surface area contributed by atoms with Gasteiger partial charge in [0.25, 0.3) is 11.8 Å². The van der Waals surface area contributed by atoms with Crippen LogP contribution in [0.4, 0.5) is 0 Å². The predicted molar refractivity (Wildman–Crippen MR) is 48.9 cm³/mol. The minimum Gasteiger partial charge on any atom is -0.479 e. The van der Waals surface area contributed by atoms with E-state index in [4.69, 9.17) is 9.84 Å². The topological polar surface area (TPSA) is 83.9 Å². The average Bonchev–Trinajstić information content (AvgIpc) is 2.48. The van der Waals surface area contributed by atoms with Crippen LogP contribution < -0.4 is 0 Å². The van der Waals surface area contributed by atoms with E-state index in [2.05, 4.69) is 0 Å². The molecule has 0 aromatic heterocycles. The molecule has 0 radical (unpaired) electrons. The standard InChI is InChI=1S/C9H11NO5/c1-6(9(13)14)15-5-4-10-7(11)2-3-8(10)12/h2-3,6H,4-5H2,1H3,(H,13,14). The number of ether oxygens (including phenoxy) is 1. The number of carbonyl (C=O) groups excluding carboxylic acids is 2. The van der Waals surface area contributed by atoms with Gasteiger partial charge in [0.2, 0.25) is 0 Å². The van der Waals surface area contributed by atoms with Gasteiger partial charge in [0, 0.05) is 12.2 Å². The molecule has 6 heteroatoms. The van der Waals surface area contributed by atoms with E-state index in [0.29, 0.717) is 0 Å². The largest absolute Gasteiger partial charge is 0.479 e. The van der Waals surface area contributed by atoms with Gasteiger partial charge < -0.3 is 9.84 Å². The highest BCUT2D eigenvalue weighted by atomic mass is 16.5. The molecular formula is C9H11NO5. The lowest BCUT2D eigenvalue weighted by atomic mass is 10.4. The molecule has 82 valence electrons. The fourth-order valence-electron chi connectivity index (χ4n) is 1.04. The summed E-state index contributed by atoms with van der Waals surface area (Å²) < 4.78 is 4.89. The zero-order chi connectivity index (χ0) is 11.4. The Hall–Kier alpha value is -1.69. The van der Waals surface area contributed by atoms with Crippen LogP contribution in [0.15, 0.2) is 12.2 Å². The van der Waals surface area contributed by atoms with Crippen LogP contribution >= 0.6 is 0 Å². The summed E-state index contributed by atoms with van der Waals surface area (Å²) in [4.78, 5) is 33.4. The molecule has 1 rings (SSSR count). The molecule has 1 unspecified atom stereocenters. The van der Waals surface area contributed by atoms with E-state index in [1.165, 1.54) is 19.1 Å². The van der Waals surface area contributed by atoms with Crippen molar-refractivity contribution in [2.45, 2.75) is 13.0 Å². The Balaban J connectivity index is 2.29. The van der Waals surface area contributed by atoms with Gasteiger partial charge in [-0.1, -0.05) is 0 Å². The summed E-state index contributed by atoms with van der Waals surface area (Å²) >= 11 is 0. The van der Waals surface area contributed by atoms with Crippen LogP contribution in [-0.2, 0) is 19.1 Å². The number of rotatable bonds is 5. The molecule has 0 spiro atoms. The first kappa shape index (κ1) is 11.4. The first-order chi connectivity index (χ1) is 7.02. The molecule has 0 bridgehead atoms. The third-order valence-corrected chi connectivity index (χ3v) is 1.93. The molecular weight excluding hydrogens is 202 g/mol. The summed E-state index contributed by atoms with van der Waals surface area (Å²) in [6, 6.07) is 0. The molecule has 0 saturated carbocycles. The van der Waals surface area contributed by atoms with Crippen LogP contribution in [0.25, 0.3) is 0 Å². The molecule has 1 atom stereocenters. The van der Waals surface area contributed by atoms with Crippen molar-refractivity contribution in [1.29, 1.82) is 0 Å². The highest BCUT2D eigenvalue weighted by Gasteiger charge is 2.23. The van der Waals surface area contributed by atoms with E-state index in [0.717, 1.165) is 4.90 Å². The minimum absolute atomic E-state index is 0.0205. The summed E-state index contributed by atoms with van der Waals surface area (Å²) in [6.45, 7) is 1.48. The van der Waals surface area contributed by atoms with Gasteiger partial charge in [-0.3, -0.25) is 14.5 Å². The van der Waals surface area contributed by atoms with Crippen molar-refractivity contribution in [3.63, 3.8) is 0 Å². The van der Waals surface area contributed by atoms with Crippen molar-refractivity contribution in [2.24, 2.45) is 0 Å². The van der Waals surface area contributed by atoms with Crippen LogP contribution in [0.3, 0.4) is 0 Å². The fourth-order valence-corrected chi connectivity index (χ4v) is 1.04. The van der Waals surface area contributed by atoms with Gasteiger partial charge in [-0.15, -0.1) is 0 Å². The highest BCUT2D eigenvalue weighted by Crippen LogP contribution is 2.03. The van der Waals surface area contributed by atoms with E-state index in [9.17, 15) is 14.4 Å². The van der Waals surface area contributed by atoms with Gasteiger partial charge in [-0.05, 0) is 6.92 Å². The molecule has 1 N–H and O–H groups in total. The molecule has 0 fully saturated rings. The second-order valence-electron chi connectivity index (χ2n) is 3.01. The molecule has 1 heterocycles. The number of nitrogens with zero attached hydrogens (tertiary/aromatic N) is 1. The second kappa shape index (κ2) is 4.70. The maximum absolute atomic E-state index is 11.0. The van der Waals surface area contributed by atoms with Crippen LogP contribution in [0.1, 0.15) is 6.92 Å². The smallest absolute Gasteiger partial charge is 0.332 e. The molecule has 0 aromatic carbocycles. The third-order valence-electron chi connectivity index (χ3n) is 1.93. The Bertz CT molecular complexity index is 304. The second-order valence-corrected chi connectivity index (χ2v) is 3.01. The van der Waals surface area contributed by atoms with Gasteiger partial charge in [0.05, 0.1) is 13.2 Å². The zero-order valence-electron chi connectivity index (χ0n) is 8.17. The molecule has 0 saturated heterocycles. The first-order valence-corrected chi connectivity index (χ1v) is 4.40. The molecule has 6 nitrogen and oxygen atoms in total. The summed E-state index contributed by atoms with van der Waals surface area (Å²) in [7, 11) is 0. The van der Waals surface area contributed by atoms with E-state index in [1.807, 2.05) is 0 Å². The maximum Gasteiger partial charge on any atom is 0.332 e.